The Bertz CT molecular complexity index is 343. The van der Waals surface area contributed by atoms with Gasteiger partial charge in [0, 0.05) is 11.5 Å². The van der Waals surface area contributed by atoms with E-state index < -0.39 is 12.9 Å². The molecule has 1 aromatic rings. The molecule has 15 heavy (non-hydrogen) atoms. The minimum atomic E-state index is -1.77. The Kier molecular flexibility index (Phi) is 3.93. The number of rotatable bonds is 4. The summed E-state index contributed by atoms with van der Waals surface area (Å²) >= 11 is 0. The smallest absolute Gasteiger partial charge is 0.492 e. The zero-order chi connectivity index (χ0) is 11.4. The van der Waals surface area contributed by atoms with Crippen LogP contribution < -0.4 is 14.9 Å². The lowest BCUT2D eigenvalue weighted by atomic mass is 9.79. The van der Waals surface area contributed by atoms with Gasteiger partial charge in [-0.25, -0.2) is 4.39 Å². The predicted molar refractivity (Wildman–Crippen MR) is 53.9 cm³/mol. The van der Waals surface area contributed by atoms with E-state index in [0.717, 1.165) is 6.07 Å². The number of ether oxygens (including phenoxy) is 2. The van der Waals surface area contributed by atoms with Crippen molar-refractivity contribution in [2.45, 2.75) is 6.92 Å². The van der Waals surface area contributed by atoms with Crippen molar-refractivity contribution in [3.63, 3.8) is 0 Å². The van der Waals surface area contributed by atoms with Crippen molar-refractivity contribution in [3.8, 4) is 11.5 Å². The normalized spacial score (nSPS) is 9.93. The lowest BCUT2D eigenvalue weighted by Gasteiger charge is -2.11. The van der Waals surface area contributed by atoms with Crippen molar-refractivity contribution >= 4 is 12.6 Å². The van der Waals surface area contributed by atoms with E-state index in [-0.39, 0.29) is 17.0 Å². The summed E-state index contributed by atoms with van der Waals surface area (Å²) in [7, 11) is -0.417. The van der Waals surface area contributed by atoms with Gasteiger partial charge in [0.2, 0.25) is 0 Å². The predicted octanol–water partition coefficient (Wildman–Crippen LogP) is -0.0872. The van der Waals surface area contributed by atoms with Crippen LogP contribution in [0.2, 0.25) is 0 Å². The van der Waals surface area contributed by atoms with E-state index in [4.69, 9.17) is 19.5 Å². The van der Waals surface area contributed by atoms with Gasteiger partial charge in [-0.15, -0.1) is 0 Å². The third-order valence-corrected chi connectivity index (χ3v) is 1.86. The Hall–Kier alpha value is -1.27. The molecule has 2 N–H and O–H groups in total. The molecule has 0 aliphatic carbocycles. The maximum Gasteiger partial charge on any atom is 0.492 e. The molecule has 0 amide bonds. The van der Waals surface area contributed by atoms with E-state index >= 15 is 0 Å². The summed E-state index contributed by atoms with van der Waals surface area (Å²) in [5.41, 5.74) is -0.0292. The lowest BCUT2D eigenvalue weighted by Crippen LogP contribution is -2.31. The first-order chi connectivity index (χ1) is 7.10. The molecule has 0 saturated carbocycles. The highest BCUT2D eigenvalue weighted by atomic mass is 19.1. The van der Waals surface area contributed by atoms with E-state index in [0.29, 0.717) is 6.61 Å². The van der Waals surface area contributed by atoms with Gasteiger partial charge in [-0.2, -0.15) is 0 Å². The van der Waals surface area contributed by atoms with Crippen LogP contribution in [0.1, 0.15) is 6.92 Å². The summed E-state index contributed by atoms with van der Waals surface area (Å²) in [6.45, 7) is 2.04. The molecule has 0 aliphatic rings. The van der Waals surface area contributed by atoms with E-state index in [9.17, 15) is 4.39 Å². The monoisotopic (exact) mass is 214 g/mol. The zero-order valence-electron chi connectivity index (χ0n) is 8.53. The number of hydrogen-bond acceptors (Lipinski definition) is 4. The molecule has 0 heterocycles. The zero-order valence-corrected chi connectivity index (χ0v) is 8.53. The first-order valence-electron chi connectivity index (χ1n) is 4.46. The van der Waals surface area contributed by atoms with Gasteiger partial charge in [0.1, 0.15) is 5.75 Å². The van der Waals surface area contributed by atoms with Crippen molar-refractivity contribution in [1.29, 1.82) is 0 Å². The molecular weight excluding hydrogens is 202 g/mol. The van der Waals surface area contributed by atoms with E-state index in [2.05, 4.69) is 0 Å². The molecule has 0 aliphatic heterocycles. The molecule has 0 bridgehead atoms. The van der Waals surface area contributed by atoms with Crippen LogP contribution in [0.4, 0.5) is 4.39 Å². The van der Waals surface area contributed by atoms with Crippen molar-refractivity contribution in [3.05, 3.63) is 17.9 Å². The standard InChI is InChI=1S/C9H12BFO4/c1-3-15-9-5-8(14-2)6(10(12)13)4-7(9)11/h4-5,12-13H,3H2,1-2H3. The van der Waals surface area contributed by atoms with Crippen LogP contribution in [0, 0.1) is 5.82 Å². The third kappa shape index (κ3) is 2.61. The molecule has 82 valence electrons. The largest absolute Gasteiger partial charge is 0.497 e. The second-order valence-corrected chi connectivity index (χ2v) is 2.83. The lowest BCUT2D eigenvalue weighted by molar-refractivity contribution is 0.317. The maximum atomic E-state index is 13.3. The molecule has 0 spiro atoms. The van der Waals surface area contributed by atoms with Gasteiger partial charge in [0.15, 0.2) is 11.6 Å². The fourth-order valence-electron chi connectivity index (χ4n) is 1.19. The van der Waals surface area contributed by atoms with Crippen molar-refractivity contribution in [2.24, 2.45) is 0 Å². The molecule has 0 radical (unpaired) electrons. The Morgan fingerprint density at radius 3 is 2.47 bits per heavy atom. The summed E-state index contributed by atoms with van der Waals surface area (Å²) in [6.07, 6.45) is 0. The summed E-state index contributed by atoms with van der Waals surface area (Å²) < 4.78 is 23.2. The molecule has 0 aromatic heterocycles. The van der Waals surface area contributed by atoms with Crippen LogP contribution in [0.15, 0.2) is 12.1 Å². The molecule has 0 unspecified atom stereocenters. The van der Waals surface area contributed by atoms with Gasteiger partial charge < -0.3 is 19.5 Å². The van der Waals surface area contributed by atoms with Crippen LogP contribution in [0.25, 0.3) is 0 Å². The van der Waals surface area contributed by atoms with Crippen LogP contribution in [-0.2, 0) is 0 Å². The Labute approximate surface area is 87.4 Å². The van der Waals surface area contributed by atoms with E-state index in [1.54, 1.807) is 6.92 Å². The highest BCUT2D eigenvalue weighted by molar-refractivity contribution is 6.59. The quantitative estimate of drug-likeness (QED) is 0.687. The number of methoxy groups -OCH3 is 1. The van der Waals surface area contributed by atoms with Crippen molar-refractivity contribution in [1.82, 2.24) is 0 Å². The Morgan fingerprint density at radius 2 is 2.00 bits per heavy atom. The molecule has 0 saturated heterocycles. The Balaban J connectivity index is 3.16. The maximum absolute atomic E-state index is 13.3. The molecule has 6 heteroatoms. The third-order valence-electron chi connectivity index (χ3n) is 1.86. The topological polar surface area (TPSA) is 58.9 Å². The van der Waals surface area contributed by atoms with Gasteiger partial charge in [-0.05, 0) is 13.0 Å². The van der Waals surface area contributed by atoms with Gasteiger partial charge in [-0.3, -0.25) is 0 Å². The summed E-state index contributed by atoms with van der Waals surface area (Å²) in [6, 6.07) is 2.27. The summed E-state index contributed by atoms with van der Waals surface area (Å²) in [4.78, 5) is 0. The molecule has 0 atom stereocenters. The fraction of sp³-hybridized carbons (Fsp3) is 0.333. The SMILES string of the molecule is CCOc1cc(OC)c(B(O)O)cc1F. The van der Waals surface area contributed by atoms with Gasteiger partial charge in [0.25, 0.3) is 0 Å². The first kappa shape index (κ1) is 11.8. The summed E-state index contributed by atoms with van der Waals surface area (Å²) in [5, 5.41) is 17.9. The number of halogens is 1. The Morgan fingerprint density at radius 1 is 1.33 bits per heavy atom. The highest BCUT2D eigenvalue weighted by Gasteiger charge is 2.20. The van der Waals surface area contributed by atoms with Gasteiger partial charge in [0.05, 0.1) is 13.7 Å². The molecule has 0 fully saturated rings. The minimum Gasteiger partial charge on any atom is -0.497 e. The average molecular weight is 214 g/mol. The molecule has 4 nitrogen and oxygen atoms in total. The van der Waals surface area contributed by atoms with Crippen LogP contribution in [0.3, 0.4) is 0 Å². The van der Waals surface area contributed by atoms with Crippen molar-refractivity contribution in [2.75, 3.05) is 13.7 Å². The van der Waals surface area contributed by atoms with Crippen LogP contribution >= 0.6 is 0 Å². The van der Waals surface area contributed by atoms with Crippen LogP contribution in [0.5, 0.6) is 11.5 Å². The highest BCUT2D eigenvalue weighted by Crippen LogP contribution is 2.22. The molecular formula is C9H12BFO4. The molecule has 1 aromatic carbocycles. The van der Waals surface area contributed by atoms with Gasteiger partial charge >= 0.3 is 7.12 Å². The average Bonchev–Trinajstić information content (AvgIpc) is 2.20. The number of benzene rings is 1. The second-order valence-electron chi connectivity index (χ2n) is 2.83. The second kappa shape index (κ2) is 5.00. The fourth-order valence-corrected chi connectivity index (χ4v) is 1.19. The van der Waals surface area contributed by atoms with Crippen molar-refractivity contribution < 1.29 is 23.9 Å². The first-order valence-corrected chi connectivity index (χ1v) is 4.46. The van der Waals surface area contributed by atoms with E-state index in [1.165, 1.54) is 13.2 Å². The van der Waals surface area contributed by atoms with Gasteiger partial charge in [-0.1, -0.05) is 0 Å². The summed E-state index contributed by atoms with van der Waals surface area (Å²) in [5.74, 6) is -0.450. The van der Waals surface area contributed by atoms with Crippen LogP contribution in [-0.4, -0.2) is 30.9 Å². The molecule has 1 rings (SSSR count). The minimum absolute atomic E-state index is 0.0266. The van der Waals surface area contributed by atoms with E-state index in [1.807, 2.05) is 0 Å². The number of hydrogen-bond donors (Lipinski definition) is 2.